The Kier molecular flexibility index (Phi) is 4.86. The quantitative estimate of drug-likeness (QED) is 0.584. The van der Waals surface area contributed by atoms with Crippen LogP contribution in [0, 0.1) is 5.41 Å². The Morgan fingerprint density at radius 3 is 2.45 bits per heavy atom. The number of hydrazone groups is 1. The fraction of sp³-hybridized carbons (Fsp3) is 0.357. The third-order valence-electron chi connectivity index (χ3n) is 2.94. The van der Waals surface area contributed by atoms with Gasteiger partial charge in [0.05, 0.1) is 12.3 Å². The van der Waals surface area contributed by atoms with Crippen LogP contribution in [0.25, 0.3) is 0 Å². The predicted octanol–water partition coefficient (Wildman–Crippen LogP) is 0.388. The number of hydrogen-bond acceptors (Lipinski definition) is 7. The summed E-state index contributed by atoms with van der Waals surface area (Å²) in [6.07, 6.45) is -0.882. The Morgan fingerprint density at radius 1 is 1.32 bits per heavy atom. The lowest BCUT2D eigenvalue weighted by atomic mass is 10.2. The number of benzene rings is 1. The van der Waals surface area contributed by atoms with Crippen molar-refractivity contribution in [3.8, 4) is 5.75 Å². The van der Waals surface area contributed by atoms with Crippen molar-refractivity contribution < 1.29 is 9.84 Å². The summed E-state index contributed by atoms with van der Waals surface area (Å²) in [6.45, 7) is 3.56. The summed E-state index contributed by atoms with van der Waals surface area (Å²) in [4.78, 5) is 4.39. The highest BCUT2D eigenvalue weighted by atomic mass is 16.5. The van der Waals surface area contributed by atoms with Gasteiger partial charge in [0.15, 0.2) is 5.84 Å². The topological polar surface area (TPSA) is 133 Å². The zero-order valence-corrected chi connectivity index (χ0v) is 12.5. The van der Waals surface area contributed by atoms with Crippen LogP contribution < -0.4 is 16.2 Å². The fourth-order valence-corrected chi connectivity index (χ4v) is 1.96. The third kappa shape index (κ3) is 3.48. The number of hydrogen-bond donors (Lipinski definition) is 4. The molecule has 1 heterocycles. The molecule has 0 fully saturated rings. The molecule has 0 unspecified atom stereocenters. The summed E-state index contributed by atoms with van der Waals surface area (Å²) in [5, 5.41) is 23.2. The van der Waals surface area contributed by atoms with Crippen molar-refractivity contribution >= 4 is 22.9 Å². The van der Waals surface area contributed by atoms with Crippen LogP contribution in [0.15, 0.2) is 34.4 Å². The van der Waals surface area contributed by atoms with E-state index in [1.807, 2.05) is 13.8 Å². The second-order valence-corrected chi connectivity index (χ2v) is 5.03. The maximum atomic E-state index is 9.39. The molecule has 0 aliphatic carbocycles. The standard InChI is InChI=1S/C14H20N6O2/c1-8(2)20-13(15)12(11(7-21)19-20)18-9-3-5-10(6-4-9)22-14(16)17/h3-6,8,14-15,21H,7,16-17H2,1-2H3. The van der Waals surface area contributed by atoms with Gasteiger partial charge in [-0.15, -0.1) is 0 Å². The molecule has 0 spiro atoms. The summed E-state index contributed by atoms with van der Waals surface area (Å²) < 4.78 is 5.14. The number of aliphatic imine (C=N–C) groups is 1. The van der Waals surface area contributed by atoms with Gasteiger partial charge < -0.3 is 9.84 Å². The van der Waals surface area contributed by atoms with Gasteiger partial charge in [-0.3, -0.25) is 16.9 Å². The van der Waals surface area contributed by atoms with E-state index >= 15 is 0 Å². The van der Waals surface area contributed by atoms with Crippen LogP contribution in [0.3, 0.4) is 0 Å². The van der Waals surface area contributed by atoms with Gasteiger partial charge in [-0.1, -0.05) is 0 Å². The van der Waals surface area contributed by atoms with Crippen molar-refractivity contribution in [2.75, 3.05) is 6.61 Å². The van der Waals surface area contributed by atoms with Gasteiger partial charge in [-0.25, -0.2) is 10.0 Å². The Bertz CT molecular complexity index is 606. The monoisotopic (exact) mass is 304 g/mol. The lowest BCUT2D eigenvalue weighted by Gasteiger charge is -2.17. The summed E-state index contributed by atoms with van der Waals surface area (Å²) in [5.74, 6) is 0.698. The van der Waals surface area contributed by atoms with E-state index < -0.39 is 6.35 Å². The van der Waals surface area contributed by atoms with E-state index in [2.05, 4.69) is 10.1 Å². The van der Waals surface area contributed by atoms with Crippen molar-refractivity contribution in [2.45, 2.75) is 26.2 Å². The normalized spacial score (nSPS) is 16.9. The average molecular weight is 304 g/mol. The molecule has 1 aliphatic rings. The molecule has 1 aliphatic heterocycles. The van der Waals surface area contributed by atoms with Crippen molar-refractivity contribution in [1.29, 1.82) is 5.41 Å². The first-order valence-corrected chi connectivity index (χ1v) is 6.85. The van der Waals surface area contributed by atoms with Gasteiger partial charge in [-0.2, -0.15) is 5.10 Å². The Balaban J connectivity index is 2.24. The van der Waals surface area contributed by atoms with Crippen LogP contribution in [-0.4, -0.2) is 46.4 Å². The number of nitrogens with zero attached hydrogens (tertiary/aromatic N) is 3. The SMILES string of the molecule is CC(C)N1N=C(CO)C(=Nc2ccc(OC(N)N)cc2)C1=N. The minimum absolute atomic E-state index is 0.0172. The molecule has 8 nitrogen and oxygen atoms in total. The Morgan fingerprint density at radius 2 is 1.95 bits per heavy atom. The highest BCUT2D eigenvalue weighted by Gasteiger charge is 2.29. The molecule has 8 heteroatoms. The first kappa shape index (κ1) is 16.1. The number of nitrogens with one attached hydrogen (secondary N) is 1. The molecule has 0 atom stereocenters. The molecule has 1 aromatic rings. The molecule has 2 rings (SSSR count). The highest BCUT2D eigenvalue weighted by molar-refractivity contribution is 6.70. The van der Waals surface area contributed by atoms with Crippen LogP contribution in [0.1, 0.15) is 13.8 Å². The molecule has 0 amide bonds. The van der Waals surface area contributed by atoms with Crippen molar-refractivity contribution in [2.24, 2.45) is 21.6 Å². The van der Waals surface area contributed by atoms with Crippen molar-refractivity contribution in [3.63, 3.8) is 0 Å². The van der Waals surface area contributed by atoms with E-state index in [1.54, 1.807) is 24.3 Å². The van der Waals surface area contributed by atoms with Gasteiger partial charge in [0.1, 0.15) is 17.2 Å². The molecule has 0 saturated carbocycles. The summed E-state index contributed by atoms with van der Waals surface area (Å²) in [6, 6.07) is 6.81. The van der Waals surface area contributed by atoms with Gasteiger partial charge in [-0.05, 0) is 38.1 Å². The summed E-state index contributed by atoms with van der Waals surface area (Å²) in [7, 11) is 0. The molecule has 118 valence electrons. The van der Waals surface area contributed by atoms with Crippen LogP contribution in [0.2, 0.25) is 0 Å². The van der Waals surface area contributed by atoms with E-state index in [4.69, 9.17) is 21.6 Å². The van der Waals surface area contributed by atoms with E-state index in [1.165, 1.54) is 5.01 Å². The number of ether oxygens (including phenoxy) is 1. The molecule has 0 aromatic heterocycles. The van der Waals surface area contributed by atoms with Crippen LogP contribution >= 0.6 is 0 Å². The van der Waals surface area contributed by atoms with E-state index in [0.29, 0.717) is 22.9 Å². The van der Waals surface area contributed by atoms with Gasteiger partial charge in [0.2, 0.25) is 6.35 Å². The number of nitrogens with two attached hydrogens (primary N) is 2. The van der Waals surface area contributed by atoms with Crippen molar-refractivity contribution in [3.05, 3.63) is 24.3 Å². The molecule has 6 N–H and O–H groups in total. The molecule has 22 heavy (non-hydrogen) atoms. The third-order valence-corrected chi connectivity index (χ3v) is 2.94. The molecule has 0 bridgehead atoms. The minimum atomic E-state index is -0.882. The average Bonchev–Trinajstić information content (AvgIpc) is 2.77. The largest absolute Gasteiger partial charge is 0.463 e. The van der Waals surface area contributed by atoms with Gasteiger partial charge in [0, 0.05) is 6.04 Å². The maximum Gasteiger partial charge on any atom is 0.201 e. The number of aliphatic hydroxyl groups excluding tert-OH is 1. The van der Waals surface area contributed by atoms with Crippen LogP contribution in [0.5, 0.6) is 5.75 Å². The van der Waals surface area contributed by atoms with Gasteiger partial charge >= 0.3 is 0 Å². The lowest BCUT2D eigenvalue weighted by Crippen LogP contribution is -2.36. The molecule has 0 saturated heterocycles. The number of rotatable bonds is 5. The molecule has 0 radical (unpaired) electrons. The summed E-state index contributed by atoms with van der Waals surface area (Å²) in [5.41, 5.74) is 12.0. The second-order valence-electron chi connectivity index (χ2n) is 5.03. The number of aliphatic hydroxyl groups is 1. The highest BCUT2D eigenvalue weighted by Crippen LogP contribution is 2.20. The van der Waals surface area contributed by atoms with Crippen molar-refractivity contribution in [1.82, 2.24) is 5.01 Å². The van der Waals surface area contributed by atoms with E-state index in [9.17, 15) is 5.11 Å². The second kappa shape index (κ2) is 6.65. The zero-order valence-electron chi connectivity index (χ0n) is 12.5. The predicted molar refractivity (Wildman–Crippen MR) is 85.6 cm³/mol. The smallest absolute Gasteiger partial charge is 0.201 e. The summed E-state index contributed by atoms with van der Waals surface area (Å²) >= 11 is 0. The van der Waals surface area contributed by atoms with Crippen LogP contribution in [-0.2, 0) is 0 Å². The minimum Gasteiger partial charge on any atom is -0.463 e. The first-order chi connectivity index (χ1) is 10.4. The first-order valence-electron chi connectivity index (χ1n) is 6.85. The van der Waals surface area contributed by atoms with E-state index in [0.717, 1.165) is 0 Å². The zero-order chi connectivity index (χ0) is 16.3. The molecular weight excluding hydrogens is 284 g/mol. The van der Waals surface area contributed by atoms with E-state index in [-0.39, 0.29) is 18.5 Å². The maximum absolute atomic E-state index is 9.39. The lowest BCUT2D eigenvalue weighted by molar-refractivity contribution is 0.217. The Labute approximate surface area is 128 Å². The fourth-order valence-electron chi connectivity index (χ4n) is 1.96. The molecular formula is C14H20N6O2. The molecule has 1 aromatic carbocycles. The number of amidine groups is 1. The van der Waals surface area contributed by atoms with Crippen LogP contribution in [0.4, 0.5) is 5.69 Å². The van der Waals surface area contributed by atoms with Gasteiger partial charge in [0.25, 0.3) is 0 Å². The Hall–Kier alpha value is -2.29.